The molecule has 0 radical (unpaired) electrons. The normalized spacial score (nSPS) is 12.1. The predicted molar refractivity (Wildman–Crippen MR) is 109 cm³/mol. The molecular weight excluding hydrogens is 344 g/mol. The molecule has 0 aromatic rings. The van der Waals surface area contributed by atoms with Gasteiger partial charge in [0, 0.05) is 19.4 Å². The third kappa shape index (κ3) is 14.4. The lowest BCUT2D eigenvalue weighted by molar-refractivity contribution is -0.135. The molecule has 0 aromatic carbocycles. The van der Waals surface area contributed by atoms with Gasteiger partial charge >= 0.3 is 5.97 Å². The summed E-state index contributed by atoms with van der Waals surface area (Å²) >= 11 is 0. The maximum absolute atomic E-state index is 12.2. The Morgan fingerprint density at radius 2 is 1.07 bits per heavy atom. The minimum atomic E-state index is -1.32. The van der Waals surface area contributed by atoms with E-state index in [-0.39, 0.29) is 25.2 Å². The van der Waals surface area contributed by atoms with Crippen LogP contribution in [-0.2, 0) is 9.59 Å². The minimum Gasteiger partial charge on any atom is -0.511 e. The number of carbonyl (C=O) groups is 2. The lowest BCUT2D eigenvalue weighted by atomic mass is 10.00. The molecule has 0 aliphatic rings. The molecule has 0 saturated heterocycles. The number of carboxylic acids is 1. The second kappa shape index (κ2) is 18.0. The molecule has 0 aliphatic heterocycles. The van der Waals surface area contributed by atoms with Gasteiger partial charge in [-0.3, -0.25) is 4.79 Å². The molecular formula is C22H40O5. The van der Waals surface area contributed by atoms with Crippen molar-refractivity contribution >= 4 is 11.8 Å². The van der Waals surface area contributed by atoms with E-state index >= 15 is 0 Å². The number of ketones is 1. The van der Waals surface area contributed by atoms with E-state index in [1.54, 1.807) is 0 Å². The maximum atomic E-state index is 12.2. The highest BCUT2D eigenvalue weighted by Gasteiger charge is 2.21. The van der Waals surface area contributed by atoms with E-state index in [1.165, 1.54) is 25.7 Å². The Labute approximate surface area is 164 Å². The molecule has 158 valence electrons. The van der Waals surface area contributed by atoms with Crippen LogP contribution in [0.4, 0.5) is 0 Å². The SMILES string of the molecule is CCCCCCCCCC(O)=C(C(=O)O)C(=O)CCCCCCCCCO. The highest BCUT2D eigenvalue weighted by molar-refractivity contribution is 6.16. The van der Waals surface area contributed by atoms with E-state index in [9.17, 15) is 19.8 Å². The van der Waals surface area contributed by atoms with Gasteiger partial charge in [0.05, 0.1) is 0 Å². The number of aliphatic carboxylic acids is 1. The summed E-state index contributed by atoms with van der Waals surface area (Å²) in [6.07, 6.45) is 14.6. The summed E-state index contributed by atoms with van der Waals surface area (Å²) in [5.74, 6) is -2.03. The third-order valence-electron chi connectivity index (χ3n) is 4.86. The highest BCUT2D eigenvalue weighted by Crippen LogP contribution is 2.17. The molecule has 5 nitrogen and oxygen atoms in total. The number of aliphatic hydroxyl groups is 2. The molecule has 27 heavy (non-hydrogen) atoms. The van der Waals surface area contributed by atoms with E-state index in [1.807, 2.05) is 0 Å². The van der Waals surface area contributed by atoms with Crippen molar-refractivity contribution in [2.24, 2.45) is 0 Å². The molecule has 0 spiro atoms. The molecule has 0 amide bonds. The third-order valence-corrected chi connectivity index (χ3v) is 4.86. The standard InChI is InChI=1S/C22H40O5/c1-2-3-4-5-7-10-13-16-19(24)21(22(26)27)20(25)17-14-11-8-6-9-12-15-18-23/h23-24H,2-18H2,1H3,(H,26,27). The molecule has 0 heterocycles. The molecule has 0 aromatic heterocycles. The van der Waals surface area contributed by atoms with Crippen LogP contribution in [0.2, 0.25) is 0 Å². The Morgan fingerprint density at radius 1 is 0.630 bits per heavy atom. The predicted octanol–water partition coefficient (Wildman–Crippen LogP) is 5.71. The zero-order chi connectivity index (χ0) is 20.3. The number of carboxylic acid groups (broad SMARTS) is 1. The first-order valence-corrected chi connectivity index (χ1v) is 10.8. The summed E-state index contributed by atoms with van der Waals surface area (Å²) in [5, 5.41) is 28.1. The zero-order valence-electron chi connectivity index (χ0n) is 17.2. The number of aliphatic hydroxyl groups excluding tert-OH is 2. The van der Waals surface area contributed by atoms with Crippen molar-refractivity contribution in [1.29, 1.82) is 0 Å². The summed E-state index contributed by atoms with van der Waals surface area (Å²) in [6.45, 7) is 2.41. The van der Waals surface area contributed by atoms with Crippen LogP contribution < -0.4 is 0 Å². The average Bonchev–Trinajstić information content (AvgIpc) is 2.63. The summed E-state index contributed by atoms with van der Waals surface area (Å²) < 4.78 is 0. The lowest BCUT2D eigenvalue weighted by Crippen LogP contribution is -2.15. The van der Waals surface area contributed by atoms with Crippen molar-refractivity contribution in [3.63, 3.8) is 0 Å². The van der Waals surface area contributed by atoms with Crippen LogP contribution in [0.5, 0.6) is 0 Å². The number of allylic oxidation sites excluding steroid dienone is 1. The molecule has 0 saturated carbocycles. The summed E-state index contributed by atoms with van der Waals surface area (Å²) in [7, 11) is 0. The molecule has 0 bridgehead atoms. The first-order valence-electron chi connectivity index (χ1n) is 10.8. The summed E-state index contributed by atoms with van der Waals surface area (Å²) in [6, 6.07) is 0. The van der Waals surface area contributed by atoms with Gasteiger partial charge in [-0.05, 0) is 19.3 Å². The van der Waals surface area contributed by atoms with E-state index < -0.39 is 17.3 Å². The van der Waals surface area contributed by atoms with Crippen molar-refractivity contribution in [1.82, 2.24) is 0 Å². The topological polar surface area (TPSA) is 94.8 Å². The number of unbranched alkanes of at least 4 members (excludes halogenated alkanes) is 12. The van der Waals surface area contributed by atoms with Crippen LogP contribution in [0.3, 0.4) is 0 Å². The lowest BCUT2D eigenvalue weighted by Gasteiger charge is -2.07. The monoisotopic (exact) mass is 384 g/mol. The first-order chi connectivity index (χ1) is 13.0. The van der Waals surface area contributed by atoms with Gasteiger partial charge in [0.1, 0.15) is 11.3 Å². The maximum Gasteiger partial charge on any atom is 0.342 e. The van der Waals surface area contributed by atoms with Crippen LogP contribution in [0, 0.1) is 0 Å². The van der Waals surface area contributed by atoms with E-state index in [0.717, 1.165) is 57.8 Å². The fourth-order valence-electron chi connectivity index (χ4n) is 3.18. The summed E-state index contributed by atoms with van der Waals surface area (Å²) in [4.78, 5) is 23.5. The van der Waals surface area contributed by atoms with E-state index in [4.69, 9.17) is 5.11 Å². The van der Waals surface area contributed by atoms with Crippen molar-refractivity contribution < 1.29 is 24.9 Å². The highest BCUT2D eigenvalue weighted by atomic mass is 16.4. The number of hydrogen-bond acceptors (Lipinski definition) is 4. The van der Waals surface area contributed by atoms with Crippen LogP contribution in [0.15, 0.2) is 11.3 Å². The number of carbonyl (C=O) groups excluding carboxylic acids is 1. The molecule has 0 aliphatic carbocycles. The summed E-state index contributed by atoms with van der Waals surface area (Å²) in [5.41, 5.74) is -0.413. The van der Waals surface area contributed by atoms with Crippen LogP contribution in [0.1, 0.15) is 110 Å². The van der Waals surface area contributed by atoms with Crippen molar-refractivity contribution in [2.45, 2.75) is 110 Å². The number of rotatable bonds is 19. The van der Waals surface area contributed by atoms with Gasteiger partial charge < -0.3 is 15.3 Å². The molecule has 0 unspecified atom stereocenters. The molecule has 0 fully saturated rings. The molecule has 3 N–H and O–H groups in total. The fraction of sp³-hybridized carbons (Fsp3) is 0.818. The van der Waals surface area contributed by atoms with Crippen molar-refractivity contribution in [3.05, 3.63) is 11.3 Å². The first kappa shape index (κ1) is 25.6. The Balaban J connectivity index is 4.09. The fourth-order valence-corrected chi connectivity index (χ4v) is 3.18. The quantitative estimate of drug-likeness (QED) is 0.0872. The number of hydrogen-bond donors (Lipinski definition) is 3. The Kier molecular flexibility index (Phi) is 17.1. The van der Waals surface area contributed by atoms with Gasteiger partial charge in [0.25, 0.3) is 0 Å². The van der Waals surface area contributed by atoms with Gasteiger partial charge in [-0.25, -0.2) is 4.79 Å². The Morgan fingerprint density at radius 3 is 1.56 bits per heavy atom. The van der Waals surface area contributed by atoms with Gasteiger partial charge in [0.2, 0.25) is 0 Å². The Hall–Kier alpha value is -1.36. The molecule has 0 atom stereocenters. The van der Waals surface area contributed by atoms with Gasteiger partial charge in [-0.2, -0.15) is 0 Å². The van der Waals surface area contributed by atoms with Crippen molar-refractivity contribution in [3.8, 4) is 0 Å². The van der Waals surface area contributed by atoms with Crippen LogP contribution in [0.25, 0.3) is 0 Å². The van der Waals surface area contributed by atoms with Crippen molar-refractivity contribution in [2.75, 3.05) is 6.61 Å². The second-order valence-electron chi connectivity index (χ2n) is 7.37. The van der Waals surface area contributed by atoms with Gasteiger partial charge in [-0.1, -0.05) is 77.6 Å². The van der Waals surface area contributed by atoms with Gasteiger partial charge in [-0.15, -0.1) is 0 Å². The zero-order valence-corrected chi connectivity index (χ0v) is 17.2. The van der Waals surface area contributed by atoms with Crippen LogP contribution >= 0.6 is 0 Å². The minimum absolute atomic E-state index is 0.180. The number of Topliss-reactive ketones (excluding diaryl/α,β-unsaturated/α-hetero) is 1. The molecule has 5 heteroatoms. The van der Waals surface area contributed by atoms with Crippen LogP contribution in [-0.4, -0.2) is 33.7 Å². The van der Waals surface area contributed by atoms with E-state index in [2.05, 4.69) is 6.92 Å². The smallest absolute Gasteiger partial charge is 0.342 e. The average molecular weight is 385 g/mol. The molecule has 0 rings (SSSR count). The van der Waals surface area contributed by atoms with Gasteiger partial charge in [0.15, 0.2) is 5.78 Å². The van der Waals surface area contributed by atoms with E-state index in [0.29, 0.717) is 6.42 Å². The second-order valence-corrected chi connectivity index (χ2v) is 7.37. The largest absolute Gasteiger partial charge is 0.511 e. The Bertz CT molecular complexity index is 428.